The number of aromatic nitrogens is 2. The van der Waals surface area contributed by atoms with E-state index < -0.39 is 0 Å². The summed E-state index contributed by atoms with van der Waals surface area (Å²) < 4.78 is 0. The average Bonchev–Trinajstić information content (AvgIpc) is 2.38. The molecule has 0 saturated carbocycles. The highest BCUT2D eigenvalue weighted by Gasteiger charge is 2.04. The lowest BCUT2D eigenvalue weighted by Crippen LogP contribution is -1.94. The second-order valence-corrected chi connectivity index (χ2v) is 4.58. The first-order chi connectivity index (χ1) is 9.13. The van der Waals surface area contributed by atoms with E-state index in [0.717, 1.165) is 33.3 Å². The standard InChI is InChI=1S/C15H14N4/c1-9-6-12(16)3-4-13(9)10-2-5-14-11(7-10)8-18-15(17)19-14/h2-8H,16H2,1H3,(H2,17,18,19). The number of nitrogens with two attached hydrogens (primary N) is 2. The first-order valence-corrected chi connectivity index (χ1v) is 6.02. The lowest BCUT2D eigenvalue weighted by atomic mass is 9.99. The van der Waals surface area contributed by atoms with Crippen LogP contribution in [0, 0.1) is 6.92 Å². The molecule has 0 aliphatic carbocycles. The maximum Gasteiger partial charge on any atom is 0.220 e. The van der Waals surface area contributed by atoms with Gasteiger partial charge in [0, 0.05) is 17.3 Å². The van der Waals surface area contributed by atoms with Gasteiger partial charge in [0.2, 0.25) is 5.95 Å². The molecular formula is C15H14N4. The summed E-state index contributed by atoms with van der Waals surface area (Å²) in [5.74, 6) is 0.295. The summed E-state index contributed by atoms with van der Waals surface area (Å²) in [5.41, 5.74) is 16.4. The predicted molar refractivity (Wildman–Crippen MR) is 78.5 cm³/mol. The molecule has 4 heteroatoms. The molecule has 3 rings (SSSR count). The Hall–Kier alpha value is -2.62. The smallest absolute Gasteiger partial charge is 0.220 e. The van der Waals surface area contributed by atoms with E-state index in [1.54, 1.807) is 6.20 Å². The molecule has 4 nitrogen and oxygen atoms in total. The Balaban J connectivity index is 2.17. The van der Waals surface area contributed by atoms with Crippen molar-refractivity contribution < 1.29 is 0 Å². The third-order valence-electron chi connectivity index (χ3n) is 3.16. The van der Waals surface area contributed by atoms with Crippen molar-refractivity contribution in [1.29, 1.82) is 0 Å². The second kappa shape index (κ2) is 4.24. The van der Waals surface area contributed by atoms with Crippen LogP contribution in [0.5, 0.6) is 0 Å². The van der Waals surface area contributed by atoms with Crippen LogP contribution in [0.15, 0.2) is 42.6 Å². The van der Waals surface area contributed by atoms with Gasteiger partial charge >= 0.3 is 0 Å². The number of aryl methyl sites for hydroxylation is 1. The number of hydrogen-bond acceptors (Lipinski definition) is 4. The van der Waals surface area contributed by atoms with Crippen molar-refractivity contribution in [3.8, 4) is 11.1 Å². The van der Waals surface area contributed by atoms with Gasteiger partial charge in [-0.3, -0.25) is 0 Å². The Kier molecular flexibility index (Phi) is 2.56. The molecule has 0 spiro atoms. The van der Waals surface area contributed by atoms with Crippen LogP contribution >= 0.6 is 0 Å². The first-order valence-electron chi connectivity index (χ1n) is 6.02. The quantitative estimate of drug-likeness (QED) is 0.651. The van der Waals surface area contributed by atoms with Crippen molar-refractivity contribution in [2.24, 2.45) is 0 Å². The third-order valence-corrected chi connectivity index (χ3v) is 3.16. The minimum atomic E-state index is 0.295. The average molecular weight is 250 g/mol. The summed E-state index contributed by atoms with van der Waals surface area (Å²) in [4.78, 5) is 8.22. The fraction of sp³-hybridized carbons (Fsp3) is 0.0667. The maximum atomic E-state index is 5.78. The highest BCUT2D eigenvalue weighted by molar-refractivity contribution is 5.85. The van der Waals surface area contributed by atoms with Gasteiger partial charge in [0.05, 0.1) is 5.52 Å². The molecule has 2 aromatic carbocycles. The fourth-order valence-corrected chi connectivity index (χ4v) is 2.23. The zero-order valence-corrected chi connectivity index (χ0v) is 10.6. The van der Waals surface area contributed by atoms with Crippen molar-refractivity contribution in [1.82, 2.24) is 9.97 Å². The number of nitrogens with zero attached hydrogens (tertiary/aromatic N) is 2. The molecule has 0 aliphatic heterocycles. The van der Waals surface area contributed by atoms with Crippen LogP contribution < -0.4 is 11.5 Å². The molecule has 3 aromatic rings. The number of benzene rings is 2. The molecule has 4 N–H and O–H groups in total. The van der Waals surface area contributed by atoms with E-state index in [4.69, 9.17) is 11.5 Å². The number of hydrogen-bond donors (Lipinski definition) is 2. The number of anilines is 2. The lowest BCUT2D eigenvalue weighted by molar-refractivity contribution is 1.24. The van der Waals surface area contributed by atoms with Crippen LogP contribution in [0.2, 0.25) is 0 Å². The normalized spacial score (nSPS) is 10.8. The van der Waals surface area contributed by atoms with Crippen LogP contribution in [0.25, 0.3) is 22.0 Å². The molecule has 0 fully saturated rings. The van der Waals surface area contributed by atoms with Gasteiger partial charge in [-0.1, -0.05) is 12.1 Å². The number of fused-ring (bicyclic) bond motifs is 1. The molecule has 0 aliphatic rings. The van der Waals surface area contributed by atoms with Crippen LogP contribution in [0.4, 0.5) is 11.6 Å². The van der Waals surface area contributed by atoms with Crippen LogP contribution in [0.3, 0.4) is 0 Å². The molecule has 19 heavy (non-hydrogen) atoms. The molecule has 1 aromatic heterocycles. The van der Waals surface area contributed by atoms with E-state index in [1.807, 2.05) is 30.3 Å². The zero-order chi connectivity index (χ0) is 13.4. The summed E-state index contributed by atoms with van der Waals surface area (Å²) in [5, 5.41) is 0.975. The van der Waals surface area contributed by atoms with Crippen molar-refractivity contribution in [2.75, 3.05) is 11.5 Å². The van der Waals surface area contributed by atoms with Gasteiger partial charge in [-0.2, -0.15) is 0 Å². The van der Waals surface area contributed by atoms with Gasteiger partial charge in [-0.15, -0.1) is 0 Å². The van der Waals surface area contributed by atoms with E-state index in [0.29, 0.717) is 5.95 Å². The van der Waals surface area contributed by atoms with Crippen LogP contribution in [-0.2, 0) is 0 Å². The SMILES string of the molecule is Cc1cc(N)ccc1-c1ccc2nc(N)ncc2c1. The Morgan fingerprint density at radius 2 is 1.84 bits per heavy atom. The minimum absolute atomic E-state index is 0.295. The monoisotopic (exact) mass is 250 g/mol. The van der Waals surface area contributed by atoms with Gasteiger partial charge in [0.15, 0.2) is 0 Å². The summed E-state index contributed by atoms with van der Waals surface area (Å²) in [6, 6.07) is 12.0. The van der Waals surface area contributed by atoms with Crippen LogP contribution in [0.1, 0.15) is 5.56 Å². The summed E-state index contributed by atoms with van der Waals surface area (Å²) in [6.45, 7) is 2.05. The second-order valence-electron chi connectivity index (χ2n) is 4.58. The van der Waals surface area contributed by atoms with Gasteiger partial charge < -0.3 is 11.5 Å². The lowest BCUT2D eigenvalue weighted by Gasteiger charge is -2.08. The largest absolute Gasteiger partial charge is 0.399 e. The van der Waals surface area contributed by atoms with Gasteiger partial charge in [-0.25, -0.2) is 9.97 Å². The highest BCUT2D eigenvalue weighted by atomic mass is 15.0. The van der Waals surface area contributed by atoms with E-state index in [2.05, 4.69) is 23.0 Å². The molecular weight excluding hydrogens is 236 g/mol. The minimum Gasteiger partial charge on any atom is -0.399 e. The highest BCUT2D eigenvalue weighted by Crippen LogP contribution is 2.27. The van der Waals surface area contributed by atoms with Crippen molar-refractivity contribution in [3.05, 3.63) is 48.2 Å². The van der Waals surface area contributed by atoms with Gasteiger partial charge in [0.1, 0.15) is 0 Å². The molecule has 0 amide bonds. The first kappa shape index (κ1) is 11.5. The molecule has 1 heterocycles. The van der Waals surface area contributed by atoms with Crippen molar-refractivity contribution in [2.45, 2.75) is 6.92 Å². The molecule has 0 radical (unpaired) electrons. The topological polar surface area (TPSA) is 77.8 Å². The fourth-order valence-electron chi connectivity index (χ4n) is 2.23. The van der Waals surface area contributed by atoms with E-state index in [9.17, 15) is 0 Å². The Morgan fingerprint density at radius 3 is 2.63 bits per heavy atom. The summed E-state index contributed by atoms with van der Waals surface area (Å²) in [7, 11) is 0. The van der Waals surface area contributed by atoms with Gasteiger partial charge in [0.25, 0.3) is 0 Å². The Bertz CT molecular complexity index is 765. The molecule has 0 bridgehead atoms. The zero-order valence-electron chi connectivity index (χ0n) is 10.6. The third kappa shape index (κ3) is 2.08. The van der Waals surface area contributed by atoms with E-state index >= 15 is 0 Å². The van der Waals surface area contributed by atoms with Crippen molar-refractivity contribution in [3.63, 3.8) is 0 Å². The maximum absolute atomic E-state index is 5.78. The van der Waals surface area contributed by atoms with Crippen molar-refractivity contribution >= 4 is 22.5 Å². The van der Waals surface area contributed by atoms with E-state index in [1.165, 1.54) is 0 Å². The van der Waals surface area contributed by atoms with Crippen LogP contribution in [-0.4, -0.2) is 9.97 Å². The number of nitrogen functional groups attached to an aromatic ring is 2. The molecule has 0 unspecified atom stereocenters. The van der Waals surface area contributed by atoms with E-state index in [-0.39, 0.29) is 0 Å². The summed E-state index contributed by atoms with van der Waals surface area (Å²) >= 11 is 0. The number of rotatable bonds is 1. The molecule has 0 saturated heterocycles. The summed E-state index contributed by atoms with van der Waals surface area (Å²) in [6.07, 6.45) is 1.74. The van der Waals surface area contributed by atoms with Gasteiger partial charge in [-0.05, 0) is 47.9 Å². The Morgan fingerprint density at radius 1 is 1.00 bits per heavy atom. The molecule has 0 atom stereocenters. The molecule has 94 valence electrons. The Labute approximate surface area is 111 Å². The predicted octanol–water partition coefficient (Wildman–Crippen LogP) is 2.77.